The first kappa shape index (κ1) is 17.3. The van der Waals surface area contributed by atoms with E-state index in [1.165, 1.54) is 12.1 Å². The molecule has 27 heavy (non-hydrogen) atoms. The first-order valence-electron chi connectivity index (χ1n) is 8.22. The highest BCUT2D eigenvalue weighted by Crippen LogP contribution is 2.35. The average molecular weight is 379 g/mol. The third kappa shape index (κ3) is 3.30. The van der Waals surface area contributed by atoms with Crippen LogP contribution in [0.25, 0.3) is 21.8 Å². The SMILES string of the molecule is COc1ccc2nc3ccccc3c(Nc3ccc(S(N)(=O)=O)cc3)c2c1. The topological polar surface area (TPSA) is 94.3 Å². The maximum Gasteiger partial charge on any atom is 0.238 e. The highest BCUT2D eigenvalue weighted by molar-refractivity contribution is 7.89. The zero-order valence-electron chi connectivity index (χ0n) is 14.5. The lowest BCUT2D eigenvalue weighted by Crippen LogP contribution is -2.11. The Hall–Kier alpha value is -3.16. The van der Waals surface area contributed by atoms with Crippen LogP contribution in [0.4, 0.5) is 11.4 Å². The Morgan fingerprint density at radius 2 is 1.63 bits per heavy atom. The largest absolute Gasteiger partial charge is 0.497 e. The number of anilines is 2. The van der Waals surface area contributed by atoms with Crippen molar-refractivity contribution in [2.24, 2.45) is 5.14 Å². The zero-order chi connectivity index (χ0) is 19.0. The molecule has 6 nitrogen and oxygen atoms in total. The summed E-state index contributed by atoms with van der Waals surface area (Å²) in [6, 6.07) is 19.9. The van der Waals surface area contributed by atoms with Crippen LogP contribution in [-0.2, 0) is 10.0 Å². The van der Waals surface area contributed by atoms with Crippen LogP contribution in [0.1, 0.15) is 0 Å². The van der Waals surface area contributed by atoms with Gasteiger partial charge < -0.3 is 10.1 Å². The van der Waals surface area contributed by atoms with E-state index in [0.29, 0.717) is 0 Å². The van der Waals surface area contributed by atoms with Crippen molar-refractivity contribution in [2.75, 3.05) is 12.4 Å². The second kappa shape index (κ2) is 6.53. The molecule has 0 fully saturated rings. The fourth-order valence-electron chi connectivity index (χ4n) is 3.00. The Kier molecular flexibility index (Phi) is 4.18. The molecular formula is C20H17N3O3S. The van der Waals surface area contributed by atoms with Crippen LogP contribution in [-0.4, -0.2) is 20.5 Å². The van der Waals surface area contributed by atoms with Crippen molar-refractivity contribution in [3.63, 3.8) is 0 Å². The van der Waals surface area contributed by atoms with Gasteiger partial charge in [0.15, 0.2) is 0 Å². The van der Waals surface area contributed by atoms with Gasteiger partial charge in [-0.05, 0) is 48.5 Å². The van der Waals surface area contributed by atoms with Gasteiger partial charge in [0.1, 0.15) is 5.75 Å². The number of nitrogens with two attached hydrogens (primary N) is 1. The minimum absolute atomic E-state index is 0.0687. The van der Waals surface area contributed by atoms with Crippen LogP contribution in [0.2, 0.25) is 0 Å². The molecule has 4 aromatic rings. The van der Waals surface area contributed by atoms with Gasteiger partial charge in [0.05, 0.1) is 28.7 Å². The lowest BCUT2D eigenvalue weighted by molar-refractivity contribution is 0.415. The highest BCUT2D eigenvalue weighted by atomic mass is 32.2. The van der Waals surface area contributed by atoms with Gasteiger partial charge in [0.2, 0.25) is 10.0 Å². The van der Waals surface area contributed by atoms with Crippen molar-refractivity contribution in [1.82, 2.24) is 4.98 Å². The summed E-state index contributed by atoms with van der Waals surface area (Å²) in [5, 5.41) is 10.4. The van der Waals surface area contributed by atoms with Crippen molar-refractivity contribution in [1.29, 1.82) is 0 Å². The number of sulfonamides is 1. The smallest absolute Gasteiger partial charge is 0.238 e. The van der Waals surface area contributed by atoms with Crippen LogP contribution < -0.4 is 15.2 Å². The molecule has 0 radical (unpaired) electrons. The second-order valence-corrected chi connectivity index (χ2v) is 7.64. The summed E-state index contributed by atoms with van der Waals surface area (Å²) in [5.74, 6) is 0.729. The number of hydrogen-bond acceptors (Lipinski definition) is 5. The van der Waals surface area contributed by atoms with Gasteiger partial charge >= 0.3 is 0 Å². The Balaban J connectivity index is 1.90. The maximum absolute atomic E-state index is 11.5. The normalized spacial score (nSPS) is 11.6. The van der Waals surface area contributed by atoms with E-state index < -0.39 is 10.0 Å². The highest BCUT2D eigenvalue weighted by Gasteiger charge is 2.12. The van der Waals surface area contributed by atoms with Crippen LogP contribution in [0.5, 0.6) is 5.75 Å². The van der Waals surface area contributed by atoms with Gasteiger partial charge in [-0.15, -0.1) is 0 Å². The van der Waals surface area contributed by atoms with E-state index in [4.69, 9.17) is 14.9 Å². The number of hydrogen-bond donors (Lipinski definition) is 2. The fourth-order valence-corrected chi connectivity index (χ4v) is 3.52. The zero-order valence-corrected chi connectivity index (χ0v) is 15.3. The molecule has 4 rings (SSSR count). The number of ether oxygens (including phenoxy) is 1. The third-order valence-corrected chi connectivity index (χ3v) is 5.27. The summed E-state index contributed by atoms with van der Waals surface area (Å²) < 4.78 is 28.3. The number of nitrogens with one attached hydrogen (secondary N) is 1. The molecule has 0 aliphatic heterocycles. The number of para-hydroxylation sites is 1. The molecule has 0 spiro atoms. The molecule has 0 saturated carbocycles. The minimum atomic E-state index is -3.73. The third-order valence-electron chi connectivity index (χ3n) is 4.34. The van der Waals surface area contributed by atoms with Crippen LogP contribution in [0.15, 0.2) is 71.6 Å². The van der Waals surface area contributed by atoms with Crippen molar-refractivity contribution in [3.8, 4) is 5.75 Å². The molecule has 0 unspecified atom stereocenters. The lowest BCUT2D eigenvalue weighted by Gasteiger charge is -2.14. The summed E-state index contributed by atoms with van der Waals surface area (Å²) in [6.45, 7) is 0. The van der Waals surface area contributed by atoms with Gasteiger partial charge in [-0.2, -0.15) is 0 Å². The summed E-state index contributed by atoms with van der Waals surface area (Å²) in [4.78, 5) is 4.78. The number of benzene rings is 3. The minimum Gasteiger partial charge on any atom is -0.497 e. The quantitative estimate of drug-likeness (QED) is 0.526. The summed E-state index contributed by atoms with van der Waals surface area (Å²) in [5.41, 5.74) is 3.30. The molecule has 136 valence electrons. The van der Waals surface area contributed by atoms with E-state index >= 15 is 0 Å². The lowest BCUT2D eigenvalue weighted by atomic mass is 10.1. The number of rotatable bonds is 4. The number of aromatic nitrogens is 1. The second-order valence-electron chi connectivity index (χ2n) is 6.08. The van der Waals surface area contributed by atoms with E-state index in [-0.39, 0.29) is 4.90 Å². The predicted octanol–water partition coefficient (Wildman–Crippen LogP) is 3.79. The fraction of sp³-hybridized carbons (Fsp3) is 0.0500. The van der Waals surface area contributed by atoms with E-state index in [9.17, 15) is 8.42 Å². The van der Waals surface area contributed by atoms with E-state index in [2.05, 4.69) is 5.32 Å². The Morgan fingerprint density at radius 3 is 2.33 bits per heavy atom. The van der Waals surface area contributed by atoms with E-state index in [0.717, 1.165) is 38.9 Å². The van der Waals surface area contributed by atoms with Crippen molar-refractivity contribution in [3.05, 3.63) is 66.7 Å². The molecule has 0 aliphatic rings. The Morgan fingerprint density at radius 1 is 0.926 bits per heavy atom. The number of fused-ring (bicyclic) bond motifs is 2. The molecule has 3 N–H and O–H groups in total. The Bertz CT molecular complexity index is 1250. The monoisotopic (exact) mass is 379 g/mol. The molecule has 0 amide bonds. The molecule has 1 aromatic heterocycles. The molecular weight excluding hydrogens is 362 g/mol. The molecule has 1 heterocycles. The van der Waals surface area contributed by atoms with E-state index in [1.807, 2.05) is 42.5 Å². The van der Waals surface area contributed by atoms with Crippen molar-refractivity contribution in [2.45, 2.75) is 4.90 Å². The molecule has 0 bridgehead atoms. The average Bonchev–Trinajstić information content (AvgIpc) is 2.67. The van der Waals surface area contributed by atoms with Gasteiger partial charge in [-0.1, -0.05) is 18.2 Å². The molecule has 3 aromatic carbocycles. The maximum atomic E-state index is 11.5. The van der Waals surface area contributed by atoms with Gasteiger partial charge in [0, 0.05) is 16.5 Å². The summed E-state index contributed by atoms with van der Waals surface area (Å²) in [7, 11) is -2.11. The van der Waals surface area contributed by atoms with Gasteiger partial charge in [0.25, 0.3) is 0 Å². The summed E-state index contributed by atoms with van der Waals surface area (Å²) in [6.07, 6.45) is 0. The first-order valence-corrected chi connectivity index (χ1v) is 9.77. The summed E-state index contributed by atoms with van der Waals surface area (Å²) >= 11 is 0. The van der Waals surface area contributed by atoms with E-state index in [1.54, 1.807) is 19.2 Å². The van der Waals surface area contributed by atoms with Gasteiger partial charge in [-0.25, -0.2) is 18.5 Å². The molecule has 0 aliphatic carbocycles. The van der Waals surface area contributed by atoms with Crippen LogP contribution in [0, 0.1) is 0 Å². The first-order chi connectivity index (χ1) is 13.0. The number of methoxy groups -OCH3 is 1. The van der Waals surface area contributed by atoms with Crippen molar-refractivity contribution < 1.29 is 13.2 Å². The predicted molar refractivity (Wildman–Crippen MR) is 107 cm³/mol. The molecule has 0 atom stereocenters. The van der Waals surface area contributed by atoms with Crippen LogP contribution in [0.3, 0.4) is 0 Å². The molecule has 7 heteroatoms. The number of nitrogens with zero attached hydrogens (tertiary/aromatic N) is 1. The van der Waals surface area contributed by atoms with Crippen molar-refractivity contribution >= 4 is 43.2 Å². The van der Waals surface area contributed by atoms with Crippen LogP contribution >= 0.6 is 0 Å². The Labute approximate surface area is 156 Å². The number of primary sulfonamides is 1. The standard InChI is InChI=1S/C20H17N3O3S/c1-26-14-8-11-19-17(12-14)20(16-4-2-3-5-18(16)23-19)22-13-6-9-15(10-7-13)27(21,24)25/h2-12H,1H3,(H,22,23)(H2,21,24,25). The number of pyridine rings is 1. The van der Waals surface area contributed by atoms with Gasteiger partial charge in [-0.3, -0.25) is 0 Å². The molecule has 0 saturated heterocycles.